The largest absolute Gasteiger partial charge is 0.366 e. The molecule has 1 fully saturated rings. The van der Waals surface area contributed by atoms with E-state index in [4.69, 9.17) is 0 Å². The van der Waals surface area contributed by atoms with Crippen LogP contribution in [0.4, 0.5) is 26.5 Å². The fourth-order valence-electron chi connectivity index (χ4n) is 4.12. The van der Waals surface area contributed by atoms with Crippen molar-refractivity contribution in [3.63, 3.8) is 0 Å². The first-order valence-corrected chi connectivity index (χ1v) is 10.4. The number of amides is 3. The van der Waals surface area contributed by atoms with E-state index in [1.807, 2.05) is 6.07 Å². The molecule has 2 N–H and O–H groups in total. The summed E-state index contributed by atoms with van der Waals surface area (Å²) in [5.74, 6) is 0.145. The van der Waals surface area contributed by atoms with Crippen molar-refractivity contribution in [3.05, 3.63) is 77.9 Å². The van der Waals surface area contributed by atoms with Crippen LogP contribution >= 0.6 is 0 Å². The number of pyridine rings is 2. The highest BCUT2D eigenvalue weighted by Gasteiger charge is 2.40. The van der Waals surface area contributed by atoms with Crippen LogP contribution in [0.2, 0.25) is 0 Å². The molecule has 8 nitrogen and oxygen atoms in total. The Labute approximate surface area is 184 Å². The molecule has 0 spiro atoms. The lowest BCUT2D eigenvalue weighted by Gasteiger charge is -2.35. The van der Waals surface area contributed by atoms with Crippen molar-refractivity contribution in [2.75, 3.05) is 28.2 Å². The predicted molar refractivity (Wildman–Crippen MR) is 118 cm³/mol. The van der Waals surface area contributed by atoms with Gasteiger partial charge in [0.05, 0.1) is 11.7 Å². The van der Waals surface area contributed by atoms with Gasteiger partial charge < -0.3 is 10.2 Å². The van der Waals surface area contributed by atoms with Gasteiger partial charge in [0.25, 0.3) is 5.91 Å². The van der Waals surface area contributed by atoms with Crippen LogP contribution in [0.15, 0.2) is 60.8 Å². The minimum Gasteiger partial charge on any atom is -0.366 e. The summed E-state index contributed by atoms with van der Waals surface area (Å²) in [6.45, 7) is 1.71. The number of hydrogen-bond acceptors (Lipinski definition) is 5. The summed E-state index contributed by atoms with van der Waals surface area (Å²) in [5.41, 5.74) is 1.66. The third-order valence-corrected chi connectivity index (χ3v) is 5.65. The number of aromatic nitrogens is 2. The standard InChI is InChI=1S/C23H21FN6O2/c24-16-5-3-4-15(12-16)13-26-22(31)18-7-8-19-21(27-18)30(17-9-11-29(19)14-17)23(32)28-20-6-1-2-10-25-20/h1-8,10,12,17H,9,11,13-14H2,(H,26,31)(H,25,28,32)/t17-/m0/s1. The van der Waals surface area contributed by atoms with Crippen LogP contribution in [0.1, 0.15) is 22.5 Å². The quantitative estimate of drug-likeness (QED) is 0.661. The molecule has 1 aromatic carbocycles. The number of carbonyl (C=O) groups is 2. The van der Waals surface area contributed by atoms with Crippen LogP contribution in [0.25, 0.3) is 0 Å². The lowest BCUT2D eigenvalue weighted by molar-refractivity contribution is 0.0946. The van der Waals surface area contributed by atoms with Crippen molar-refractivity contribution in [2.45, 2.75) is 19.0 Å². The Balaban J connectivity index is 1.39. The van der Waals surface area contributed by atoms with E-state index in [1.54, 1.807) is 47.5 Å². The van der Waals surface area contributed by atoms with Crippen LogP contribution in [0.5, 0.6) is 0 Å². The number of carbonyl (C=O) groups excluding carboxylic acids is 2. The second-order valence-corrected chi connectivity index (χ2v) is 7.76. The molecule has 2 aliphatic heterocycles. The van der Waals surface area contributed by atoms with Crippen molar-refractivity contribution in [3.8, 4) is 0 Å². The number of nitrogens with one attached hydrogen (secondary N) is 2. The Hall–Kier alpha value is -4.01. The number of benzene rings is 1. The molecule has 9 heteroatoms. The zero-order valence-corrected chi connectivity index (χ0v) is 17.2. The molecule has 1 saturated heterocycles. The molecule has 3 aromatic rings. The van der Waals surface area contributed by atoms with Gasteiger partial charge in [-0.25, -0.2) is 19.2 Å². The molecule has 0 unspecified atom stereocenters. The summed E-state index contributed by atoms with van der Waals surface area (Å²) in [6, 6.07) is 14.4. The monoisotopic (exact) mass is 432 g/mol. The Bertz CT molecular complexity index is 1170. The van der Waals surface area contributed by atoms with Gasteiger partial charge in [0.2, 0.25) is 0 Å². The Morgan fingerprint density at radius 2 is 2.03 bits per heavy atom. The maximum atomic E-state index is 13.4. The van der Waals surface area contributed by atoms with Gasteiger partial charge in [0, 0.05) is 25.8 Å². The van der Waals surface area contributed by atoms with E-state index in [2.05, 4.69) is 25.5 Å². The minimum atomic E-state index is -0.393. The number of halogens is 1. The van der Waals surface area contributed by atoms with E-state index >= 15 is 0 Å². The molecule has 0 saturated carbocycles. The third-order valence-electron chi connectivity index (χ3n) is 5.65. The second-order valence-electron chi connectivity index (χ2n) is 7.76. The maximum Gasteiger partial charge on any atom is 0.329 e. The van der Waals surface area contributed by atoms with Crippen molar-refractivity contribution in [1.29, 1.82) is 0 Å². The van der Waals surface area contributed by atoms with E-state index in [9.17, 15) is 14.0 Å². The summed E-state index contributed by atoms with van der Waals surface area (Å²) in [6.07, 6.45) is 2.42. The zero-order chi connectivity index (χ0) is 22.1. The molecule has 3 amide bonds. The van der Waals surface area contributed by atoms with Gasteiger partial charge in [-0.1, -0.05) is 18.2 Å². The molecule has 2 aliphatic rings. The van der Waals surface area contributed by atoms with Gasteiger partial charge >= 0.3 is 6.03 Å². The van der Waals surface area contributed by atoms with E-state index in [1.165, 1.54) is 12.1 Å². The number of anilines is 3. The molecule has 162 valence electrons. The van der Waals surface area contributed by atoms with Crippen molar-refractivity contribution >= 4 is 29.3 Å². The first-order chi connectivity index (χ1) is 15.6. The van der Waals surface area contributed by atoms with Gasteiger partial charge in [0.1, 0.15) is 17.3 Å². The van der Waals surface area contributed by atoms with Gasteiger partial charge in [-0.15, -0.1) is 0 Å². The molecule has 4 heterocycles. The molecular weight excluding hydrogens is 411 g/mol. The Kier molecular flexibility index (Phi) is 5.14. The van der Waals surface area contributed by atoms with Crippen LogP contribution in [-0.2, 0) is 6.54 Å². The summed E-state index contributed by atoms with van der Waals surface area (Å²) < 4.78 is 13.4. The summed E-state index contributed by atoms with van der Waals surface area (Å²) in [5, 5.41) is 5.58. The smallest absolute Gasteiger partial charge is 0.329 e. The number of urea groups is 1. The van der Waals surface area contributed by atoms with Crippen LogP contribution in [0, 0.1) is 5.82 Å². The summed E-state index contributed by atoms with van der Waals surface area (Å²) >= 11 is 0. The second kappa shape index (κ2) is 8.26. The van der Waals surface area contributed by atoms with E-state index < -0.39 is 5.91 Å². The average Bonchev–Trinajstić information content (AvgIpc) is 3.22. The number of hydrogen-bond donors (Lipinski definition) is 2. The topological polar surface area (TPSA) is 90.5 Å². The average molecular weight is 432 g/mol. The van der Waals surface area contributed by atoms with Crippen molar-refractivity contribution < 1.29 is 14.0 Å². The number of nitrogens with zero attached hydrogens (tertiary/aromatic N) is 4. The molecule has 0 radical (unpaired) electrons. The van der Waals surface area contributed by atoms with E-state index in [0.29, 0.717) is 17.2 Å². The Morgan fingerprint density at radius 3 is 2.84 bits per heavy atom. The zero-order valence-electron chi connectivity index (χ0n) is 17.2. The molecule has 2 bridgehead atoms. The Morgan fingerprint density at radius 1 is 1.12 bits per heavy atom. The number of rotatable bonds is 4. The van der Waals surface area contributed by atoms with Crippen molar-refractivity contribution in [1.82, 2.24) is 15.3 Å². The highest BCUT2D eigenvalue weighted by molar-refractivity contribution is 6.05. The normalized spacial score (nSPS) is 16.5. The number of fused-ring (bicyclic) bond motifs is 4. The van der Waals surface area contributed by atoms with Gasteiger partial charge in [-0.05, 0) is 48.4 Å². The molecular formula is C23H21FN6O2. The third kappa shape index (κ3) is 3.84. The molecule has 5 rings (SSSR count). The van der Waals surface area contributed by atoms with E-state index in [-0.39, 0.29) is 30.1 Å². The van der Waals surface area contributed by atoms with Gasteiger partial charge in [0.15, 0.2) is 5.82 Å². The highest BCUT2D eigenvalue weighted by Crippen LogP contribution is 2.39. The fourth-order valence-corrected chi connectivity index (χ4v) is 4.12. The lowest BCUT2D eigenvalue weighted by Crippen LogP contribution is -2.48. The highest BCUT2D eigenvalue weighted by atomic mass is 19.1. The first-order valence-electron chi connectivity index (χ1n) is 10.4. The van der Waals surface area contributed by atoms with E-state index in [0.717, 1.165) is 25.2 Å². The predicted octanol–water partition coefficient (Wildman–Crippen LogP) is 3.18. The minimum absolute atomic E-state index is 0.0377. The summed E-state index contributed by atoms with van der Waals surface area (Å²) in [7, 11) is 0. The van der Waals surface area contributed by atoms with Gasteiger partial charge in [-0.2, -0.15) is 0 Å². The molecule has 1 atom stereocenters. The molecule has 32 heavy (non-hydrogen) atoms. The summed E-state index contributed by atoms with van der Waals surface area (Å²) in [4.78, 5) is 38.3. The molecule has 0 aliphatic carbocycles. The van der Waals surface area contributed by atoms with Crippen LogP contribution in [0.3, 0.4) is 0 Å². The maximum absolute atomic E-state index is 13.4. The lowest BCUT2D eigenvalue weighted by atomic mass is 10.1. The SMILES string of the molecule is O=C(NCc1cccc(F)c1)c1ccc2c(n1)N(C(=O)Nc1ccccn1)[C@H]1CCN2C1. The molecule has 2 aromatic heterocycles. The van der Waals surface area contributed by atoms with Gasteiger partial charge in [-0.3, -0.25) is 15.0 Å². The van der Waals surface area contributed by atoms with Crippen molar-refractivity contribution in [2.24, 2.45) is 0 Å². The van der Waals surface area contributed by atoms with Crippen LogP contribution in [-0.4, -0.2) is 41.0 Å². The first kappa shape index (κ1) is 19.9. The fraction of sp³-hybridized carbons (Fsp3) is 0.217. The van der Waals surface area contributed by atoms with Crippen LogP contribution < -0.4 is 20.4 Å².